The topological polar surface area (TPSA) is 45.5 Å². The predicted octanol–water partition coefficient (Wildman–Crippen LogP) is 4.11. The normalized spacial score (nSPS) is 14.8. The van der Waals surface area contributed by atoms with Crippen LogP contribution in [0.15, 0.2) is 40.8 Å². The van der Waals surface area contributed by atoms with Crippen LogP contribution in [0.5, 0.6) is 0 Å². The summed E-state index contributed by atoms with van der Waals surface area (Å²) in [6.45, 7) is 4.69. The summed E-state index contributed by atoms with van der Waals surface area (Å²) < 4.78 is 18.8. The van der Waals surface area contributed by atoms with Gasteiger partial charge in [-0.05, 0) is 68.8 Å². The molecule has 2 heterocycles. The Morgan fingerprint density at radius 3 is 2.52 bits per heavy atom. The molecule has 0 bridgehead atoms. The van der Waals surface area contributed by atoms with E-state index in [-0.39, 0.29) is 30.2 Å². The molecule has 3 rings (SSSR count). The fourth-order valence-corrected chi connectivity index (χ4v) is 3.17. The fraction of sp³-hybridized carbons (Fsp3) is 0.421. The first-order valence-electron chi connectivity index (χ1n) is 8.56. The molecule has 1 fully saturated rings. The summed E-state index contributed by atoms with van der Waals surface area (Å²) in [7, 11) is 0. The minimum absolute atomic E-state index is 0. The highest BCUT2D eigenvalue weighted by atomic mass is 35.5. The Morgan fingerprint density at radius 1 is 1.20 bits per heavy atom. The van der Waals surface area contributed by atoms with Crippen molar-refractivity contribution in [2.75, 3.05) is 19.6 Å². The third kappa shape index (κ3) is 4.61. The van der Waals surface area contributed by atoms with Gasteiger partial charge in [-0.2, -0.15) is 0 Å². The third-order valence-corrected chi connectivity index (χ3v) is 4.42. The average molecular weight is 367 g/mol. The molecule has 1 N–H and O–H groups in total. The highest BCUT2D eigenvalue weighted by molar-refractivity contribution is 5.92. The van der Waals surface area contributed by atoms with Gasteiger partial charge in [-0.25, -0.2) is 4.39 Å². The van der Waals surface area contributed by atoms with Gasteiger partial charge in [0.2, 0.25) is 0 Å². The Hall–Kier alpha value is -1.85. The van der Waals surface area contributed by atoms with Crippen LogP contribution in [0.3, 0.4) is 0 Å². The minimum atomic E-state index is -0.290. The van der Waals surface area contributed by atoms with E-state index < -0.39 is 0 Å². The Labute approximate surface area is 153 Å². The molecule has 0 radical (unpaired) electrons. The molecule has 0 atom stereocenters. The molecule has 0 aliphatic carbocycles. The zero-order valence-corrected chi connectivity index (χ0v) is 15.2. The molecule has 1 saturated heterocycles. The second kappa shape index (κ2) is 9.02. The van der Waals surface area contributed by atoms with Crippen molar-refractivity contribution in [2.45, 2.75) is 32.2 Å². The van der Waals surface area contributed by atoms with E-state index in [1.165, 1.54) is 12.1 Å². The van der Waals surface area contributed by atoms with E-state index in [4.69, 9.17) is 4.42 Å². The number of furan rings is 1. The van der Waals surface area contributed by atoms with Crippen LogP contribution in [0.4, 0.5) is 4.39 Å². The number of hydrogen-bond acceptors (Lipinski definition) is 3. The van der Waals surface area contributed by atoms with Crippen molar-refractivity contribution < 1.29 is 13.6 Å². The Bertz CT molecular complexity index is 681. The zero-order valence-electron chi connectivity index (χ0n) is 14.3. The van der Waals surface area contributed by atoms with Crippen LogP contribution in [0.2, 0.25) is 0 Å². The lowest BCUT2D eigenvalue weighted by Gasteiger charge is -2.34. The van der Waals surface area contributed by atoms with Crippen molar-refractivity contribution in [1.29, 1.82) is 0 Å². The molecule has 2 aromatic rings. The predicted molar refractivity (Wildman–Crippen MR) is 98.6 cm³/mol. The molecule has 0 unspecified atom stereocenters. The van der Waals surface area contributed by atoms with Gasteiger partial charge in [0.15, 0.2) is 5.76 Å². The molecular weight excluding hydrogens is 343 g/mol. The van der Waals surface area contributed by atoms with Crippen molar-refractivity contribution in [3.63, 3.8) is 0 Å². The smallest absolute Gasteiger partial charge is 0.289 e. The number of amides is 1. The highest BCUT2D eigenvalue weighted by Gasteiger charge is 2.27. The molecule has 1 amide bonds. The van der Waals surface area contributed by atoms with E-state index in [0.717, 1.165) is 44.5 Å². The number of carbonyl (C=O) groups excluding carboxylic acids is 1. The summed E-state index contributed by atoms with van der Waals surface area (Å²) in [6.07, 6.45) is 2.86. The lowest BCUT2D eigenvalue weighted by atomic mass is 10.0. The van der Waals surface area contributed by atoms with Crippen molar-refractivity contribution in [3.8, 4) is 11.3 Å². The third-order valence-electron chi connectivity index (χ3n) is 4.42. The molecule has 136 valence electrons. The molecule has 4 nitrogen and oxygen atoms in total. The standard InChI is InChI=1S/C19H23FN2O2.ClH/c1-2-13-22(16-9-11-21-12-10-16)19(23)18-8-7-17(24-18)14-3-5-15(20)6-4-14;/h3-8,16,21H,2,9-13H2,1H3;1H. The Balaban J connectivity index is 0.00000225. The first-order chi connectivity index (χ1) is 11.7. The lowest BCUT2D eigenvalue weighted by Crippen LogP contribution is -2.46. The molecule has 1 aliphatic heterocycles. The monoisotopic (exact) mass is 366 g/mol. The van der Waals surface area contributed by atoms with E-state index in [1.807, 2.05) is 4.90 Å². The van der Waals surface area contributed by atoms with Gasteiger partial charge in [0.05, 0.1) is 0 Å². The summed E-state index contributed by atoms with van der Waals surface area (Å²) in [6, 6.07) is 9.82. The summed E-state index contributed by atoms with van der Waals surface area (Å²) in [4.78, 5) is 14.8. The zero-order chi connectivity index (χ0) is 16.9. The lowest BCUT2D eigenvalue weighted by molar-refractivity contribution is 0.0611. The van der Waals surface area contributed by atoms with E-state index >= 15 is 0 Å². The SMILES string of the molecule is CCCN(C(=O)c1ccc(-c2ccc(F)cc2)o1)C1CCNCC1.Cl. The van der Waals surface area contributed by atoms with Gasteiger partial charge in [0.1, 0.15) is 11.6 Å². The molecule has 6 heteroatoms. The number of halogens is 2. The van der Waals surface area contributed by atoms with Gasteiger partial charge in [-0.15, -0.1) is 12.4 Å². The first kappa shape index (κ1) is 19.5. The quantitative estimate of drug-likeness (QED) is 0.866. The number of piperidine rings is 1. The number of hydrogen-bond donors (Lipinski definition) is 1. The maximum absolute atomic E-state index is 13.0. The molecular formula is C19H24ClFN2O2. The van der Waals surface area contributed by atoms with Crippen LogP contribution in [0, 0.1) is 5.82 Å². The van der Waals surface area contributed by atoms with E-state index in [1.54, 1.807) is 24.3 Å². The van der Waals surface area contributed by atoms with Gasteiger partial charge in [-0.1, -0.05) is 6.92 Å². The van der Waals surface area contributed by atoms with Crippen LogP contribution in [0.1, 0.15) is 36.7 Å². The van der Waals surface area contributed by atoms with Crippen molar-refractivity contribution in [3.05, 3.63) is 48.0 Å². The number of nitrogens with one attached hydrogen (secondary N) is 1. The average Bonchev–Trinajstić information content (AvgIpc) is 3.10. The van der Waals surface area contributed by atoms with Gasteiger partial charge in [-0.3, -0.25) is 4.79 Å². The summed E-state index contributed by atoms with van der Waals surface area (Å²) in [5.41, 5.74) is 0.763. The van der Waals surface area contributed by atoms with E-state index in [9.17, 15) is 9.18 Å². The van der Waals surface area contributed by atoms with Crippen LogP contribution < -0.4 is 5.32 Å². The maximum Gasteiger partial charge on any atom is 0.289 e. The van der Waals surface area contributed by atoms with Gasteiger partial charge < -0.3 is 14.6 Å². The van der Waals surface area contributed by atoms with Crippen LogP contribution in [-0.2, 0) is 0 Å². The largest absolute Gasteiger partial charge is 0.451 e. The number of nitrogens with zero attached hydrogens (tertiary/aromatic N) is 1. The summed E-state index contributed by atoms with van der Waals surface area (Å²) >= 11 is 0. The molecule has 1 aliphatic rings. The van der Waals surface area contributed by atoms with Crippen molar-refractivity contribution in [1.82, 2.24) is 10.2 Å². The van der Waals surface area contributed by atoms with Crippen molar-refractivity contribution in [2.24, 2.45) is 0 Å². The number of benzene rings is 1. The maximum atomic E-state index is 13.0. The molecule has 0 saturated carbocycles. The molecule has 0 spiro atoms. The molecule has 1 aromatic heterocycles. The van der Waals surface area contributed by atoms with Crippen LogP contribution >= 0.6 is 12.4 Å². The Morgan fingerprint density at radius 2 is 1.88 bits per heavy atom. The minimum Gasteiger partial charge on any atom is -0.451 e. The number of carbonyl (C=O) groups is 1. The van der Waals surface area contributed by atoms with Gasteiger partial charge in [0.25, 0.3) is 5.91 Å². The second-order valence-electron chi connectivity index (χ2n) is 6.15. The van der Waals surface area contributed by atoms with Crippen LogP contribution in [-0.4, -0.2) is 36.5 Å². The Kier molecular flexibility index (Phi) is 7.02. The van der Waals surface area contributed by atoms with Gasteiger partial charge >= 0.3 is 0 Å². The molecule has 25 heavy (non-hydrogen) atoms. The fourth-order valence-electron chi connectivity index (χ4n) is 3.17. The molecule has 1 aromatic carbocycles. The first-order valence-corrected chi connectivity index (χ1v) is 8.56. The van der Waals surface area contributed by atoms with Crippen LogP contribution in [0.25, 0.3) is 11.3 Å². The second-order valence-corrected chi connectivity index (χ2v) is 6.15. The van der Waals surface area contributed by atoms with E-state index in [2.05, 4.69) is 12.2 Å². The van der Waals surface area contributed by atoms with E-state index in [0.29, 0.717) is 11.5 Å². The van der Waals surface area contributed by atoms with Crippen molar-refractivity contribution >= 4 is 18.3 Å². The van der Waals surface area contributed by atoms with Gasteiger partial charge in [0, 0.05) is 18.2 Å². The summed E-state index contributed by atoms with van der Waals surface area (Å²) in [5, 5.41) is 3.33. The number of rotatable bonds is 5. The highest BCUT2D eigenvalue weighted by Crippen LogP contribution is 2.24. The summed E-state index contributed by atoms with van der Waals surface area (Å²) in [5.74, 6) is 0.583.